The molecular weight excluding hydrogens is 470 g/mol. The molecule has 5 rings (SSSR count). The van der Waals surface area contributed by atoms with E-state index in [2.05, 4.69) is 4.98 Å². The number of nitrogens with one attached hydrogen (secondary N) is 1. The lowest BCUT2D eigenvalue weighted by molar-refractivity contribution is -0.136. The van der Waals surface area contributed by atoms with Crippen LogP contribution in [0.25, 0.3) is 16.7 Å². The summed E-state index contributed by atoms with van der Waals surface area (Å²) < 4.78 is 0. The predicted molar refractivity (Wildman–Crippen MR) is 142 cm³/mol. The quantitative estimate of drug-likeness (QED) is 0.206. The molecule has 1 aromatic heterocycles. The van der Waals surface area contributed by atoms with Gasteiger partial charge in [-0.1, -0.05) is 42.5 Å². The van der Waals surface area contributed by atoms with Crippen LogP contribution in [0.2, 0.25) is 0 Å². The Hall–Kier alpha value is -4.85. The predicted octanol–water partition coefficient (Wildman–Crippen LogP) is 4.49. The van der Waals surface area contributed by atoms with Gasteiger partial charge >= 0.3 is 5.97 Å². The van der Waals surface area contributed by atoms with Gasteiger partial charge in [-0.25, -0.2) is 0 Å². The lowest BCUT2D eigenvalue weighted by atomic mass is 9.94. The smallest absolute Gasteiger partial charge is 0.307 e. The van der Waals surface area contributed by atoms with E-state index in [1.54, 1.807) is 30.5 Å². The number of carbonyl (C=O) groups excluding carboxylic acids is 2. The minimum absolute atomic E-state index is 0.0121. The first kappa shape index (κ1) is 23.9. The molecule has 4 aromatic rings. The molecule has 1 unspecified atom stereocenters. The minimum Gasteiger partial charge on any atom is -0.507 e. The van der Waals surface area contributed by atoms with E-state index in [9.17, 15) is 19.5 Å². The fraction of sp³-hybridized carbons (Fsp3) is 0.138. The Morgan fingerprint density at radius 2 is 1.62 bits per heavy atom. The molecule has 186 valence electrons. The average molecular weight is 496 g/mol. The van der Waals surface area contributed by atoms with Gasteiger partial charge in [-0.3, -0.25) is 19.3 Å². The van der Waals surface area contributed by atoms with Crippen molar-refractivity contribution in [1.82, 2.24) is 4.98 Å². The number of anilines is 2. The number of hydrogen-bond donors (Lipinski definition) is 3. The summed E-state index contributed by atoms with van der Waals surface area (Å²) >= 11 is 0. The van der Waals surface area contributed by atoms with Crippen LogP contribution >= 0.6 is 0 Å². The molecular formula is C29H25N3O5. The van der Waals surface area contributed by atoms with E-state index in [1.165, 1.54) is 4.90 Å². The average Bonchev–Trinajstić information content (AvgIpc) is 3.43. The second-order valence-corrected chi connectivity index (χ2v) is 9.14. The van der Waals surface area contributed by atoms with Gasteiger partial charge in [0, 0.05) is 48.1 Å². The van der Waals surface area contributed by atoms with Crippen molar-refractivity contribution in [1.29, 1.82) is 0 Å². The number of aliphatic carboxylic acids is 1. The van der Waals surface area contributed by atoms with Crippen molar-refractivity contribution in [2.75, 3.05) is 23.9 Å². The van der Waals surface area contributed by atoms with Crippen molar-refractivity contribution in [3.8, 4) is 0 Å². The Balaban J connectivity index is 1.68. The largest absolute Gasteiger partial charge is 0.507 e. The number of aromatic nitrogens is 1. The monoisotopic (exact) mass is 495 g/mol. The first-order valence-corrected chi connectivity index (χ1v) is 11.7. The Labute approximate surface area is 213 Å². The maximum absolute atomic E-state index is 13.4. The van der Waals surface area contributed by atoms with Crippen LogP contribution in [0.5, 0.6) is 0 Å². The van der Waals surface area contributed by atoms with Crippen LogP contribution in [0.15, 0.2) is 84.6 Å². The Bertz CT molecular complexity index is 1550. The molecule has 1 fully saturated rings. The number of Topliss-reactive ketones (excluding diaryl/α,β-unsaturated/α-hetero) is 1. The van der Waals surface area contributed by atoms with E-state index >= 15 is 0 Å². The summed E-state index contributed by atoms with van der Waals surface area (Å²) in [6.45, 7) is 0. The number of aliphatic hydroxyl groups is 1. The van der Waals surface area contributed by atoms with Gasteiger partial charge in [0.1, 0.15) is 5.76 Å². The van der Waals surface area contributed by atoms with Crippen LogP contribution in [0.1, 0.15) is 22.7 Å². The number of H-pyrrole nitrogens is 1. The zero-order valence-corrected chi connectivity index (χ0v) is 20.3. The van der Waals surface area contributed by atoms with E-state index < -0.39 is 23.7 Å². The van der Waals surface area contributed by atoms with E-state index in [-0.39, 0.29) is 17.8 Å². The molecule has 37 heavy (non-hydrogen) atoms. The lowest BCUT2D eigenvalue weighted by Gasteiger charge is -2.26. The van der Waals surface area contributed by atoms with Gasteiger partial charge in [-0.15, -0.1) is 0 Å². The molecule has 1 aliphatic heterocycles. The van der Waals surface area contributed by atoms with E-state index in [1.807, 2.05) is 67.5 Å². The van der Waals surface area contributed by atoms with Crippen molar-refractivity contribution in [3.05, 3.63) is 101 Å². The van der Waals surface area contributed by atoms with Gasteiger partial charge in [0.05, 0.1) is 18.0 Å². The van der Waals surface area contributed by atoms with Crippen LogP contribution < -0.4 is 9.80 Å². The molecule has 1 atom stereocenters. The Morgan fingerprint density at radius 1 is 0.946 bits per heavy atom. The number of aliphatic hydroxyl groups excluding tert-OH is 1. The van der Waals surface area contributed by atoms with Gasteiger partial charge < -0.3 is 20.1 Å². The van der Waals surface area contributed by atoms with Crippen LogP contribution in [-0.4, -0.2) is 47.0 Å². The third-order valence-electron chi connectivity index (χ3n) is 6.58. The number of rotatable bonds is 6. The molecule has 0 saturated carbocycles. The first-order chi connectivity index (χ1) is 17.8. The normalized spacial score (nSPS) is 16.9. The molecule has 1 aliphatic rings. The number of hydrogen-bond acceptors (Lipinski definition) is 5. The molecule has 8 heteroatoms. The van der Waals surface area contributed by atoms with Crippen LogP contribution in [-0.2, 0) is 20.8 Å². The lowest BCUT2D eigenvalue weighted by Crippen LogP contribution is -2.29. The molecule has 3 aromatic carbocycles. The highest BCUT2D eigenvalue weighted by Gasteiger charge is 2.47. The molecule has 1 saturated heterocycles. The highest BCUT2D eigenvalue weighted by Crippen LogP contribution is 2.43. The van der Waals surface area contributed by atoms with Gasteiger partial charge in [0.2, 0.25) is 0 Å². The maximum atomic E-state index is 13.4. The summed E-state index contributed by atoms with van der Waals surface area (Å²) in [5.74, 6) is -2.79. The molecule has 3 N–H and O–H groups in total. The Kier molecular flexibility index (Phi) is 6.01. The van der Waals surface area contributed by atoms with E-state index in [0.29, 0.717) is 22.4 Å². The molecule has 2 heterocycles. The SMILES string of the molecule is CN(C)c1ccc(C2/C(=C(/O)c3c[nH]c4ccccc34)C(=O)C(=O)N2c2ccc(CC(=O)O)cc2)cc1. The zero-order valence-electron chi connectivity index (χ0n) is 20.3. The number of fused-ring (bicyclic) bond motifs is 1. The standard InChI is InChI=1S/C29H25N3O5/c1-31(2)19-13-9-18(10-14-19)26-25(27(35)22-16-30-23-6-4-3-5-21(22)23)28(36)29(37)32(26)20-11-7-17(8-12-20)15-24(33)34/h3-14,16,26,30,35H,15H2,1-2H3,(H,33,34)/b27-25-. The number of carboxylic acids is 1. The number of para-hydroxylation sites is 1. The topological polar surface area (TPSA) is 114 Å². The summed E-state index contributed by atoms with van der Waals surface area (Å²) in [5.41, 5.74) is 3.80. The fourth-order valence-electron chi connectivity index (χ4n) is 4.73. The second-order valence-electron chi connectivity index (χ2n) is 9.14. The van der Waals surface area contributed by atoms with Gasteiger partial charge in [0.15, 0.2) is 0 Å². The number of carbonyl (C=O) groups is 3. The van der Waals surface area contributed by atoms with Crippen LogP contribution in [0, 0.1) is 0 Å². The molecule has 0 bridgehead atoms. The second kappa shape index (κ2) is 9.31. The number of ketones is 1. The van der Waals surface area contributed by atoms with Crippen molar-refractivity contribution < 1.29 is 24.6 Å². The molecule has 0 spiro atoms. The van der Waals surface area contributed by atoms with Crippen molar-refractivity contribution in [3.63, 3.8) is 0 Å². The summed E-state index contributed by atoms with van der Waals surface area (Å²) in [6, 6.07) is 20.4. The third-order valence-corrected chi connectivity index (χ3v) is 6.58. The maximum Gasteiger partial charge on any atom is 0.307 e. The number of carboxylic acid groups (broad SMARTS) is 1. The highest BCUT2D eigenvalue weighted by atomic mass is 16.4. The number of benzene rings is 3. The summed E-state index contributed by atoms with van der Waals surface area (Å²) in [5, 5.41) is 21.3. The summed E-state index contributed by atoms with van der Waals surface area (Å²) in [4.78, 5) is 44.3. The van der Waals surface area contributed by atoms with Crippen molar-refractivity contribution >= 4 is 45.7 Å². The highest BCUT2D eigenvalue weighted by molar-refractivity contribution is 6.51. The molecule has 0 radical (unpaired) electrons. The minimum atomic E-state index is -0.965. The Morgan fingerprint density at radius 3 is 2.27 bits per heavy atom. The molecule has 0 aliphatic carbocycles. The molecule has 1 amide bonds. The number of nitrogens with zero attached hydrogens (tertiary/aromatic N) is 2. The van der Waals surface area contributed by atoms with Crippen LogP contribution in [0.3, 0.4) is 0 Å². The summed E-state index contributed by atoms with van der Waals surface area (Å²) in [6.07, 6.45) is 1.47. The van der Waals surface area contributed by atoms with Crippen molar-refractivity contribution in [2.45, 2.75) is 12.5 Å². The third kappa shape index (κ3) is 4.23. The van der Waals surface area contributed by atoms with Crippen molar-refractivity contribution in [2.24, 2.45) is 0 Å². The van der Waals surface area contributed by atoms with E-state index in [0.717, 1.165) is 16.6 Å². The zero-order chi connectivity index (χ0) is 26.3. The first-order valence-electron chi connectivity index (χ1n) is 11.7. The summed E-state index contributed by atoms with van der Waals surface area (Å²) in [7, 11) is 3.83. The van der Waals surface area contributed by atoms with Gasteiger partial charge in [-0.05, 0) is 41.5 Å². The van der Waals surface area contributed by atoms with Crippen LogP contribution in [0.4, 0.5) is 11.4 Å². The van der Waals surface area contributed by atoms with E-state index in [4.69, 9.17) is 5.11 Å². The fourth-order valence-corrected chi connectivity index (χ4v) is 4.73. The number of aromatic amines is 1. The van der Waals surface area contributed by atoms with Gasteiger partial charge in [0.25, 0.3) is 11.7 Å². The van der Waals surface area contributed by atoms with Gasteiger partial charge in [-0.2, -0.15) is 0 Å². The number of amides is 1. The molecule has 8 nitrogen and oxygen atoms in total.